The summed E-state index contributed by atoms with van der Waals surface area (Å²) in [5.74, 6) is -0.529. The van der Waals surface area contributed by atoms with Gasteiger partial charge in [-0.1, -0.05) is 42.0 Å². The number of hydrogen-bond donors (Lipinski definition) is 1. The number of pyridine rings is 1. The summed E-state index contributed by atoms with van der Waals surface area (Å²) < 4.78 is 1.98. The average Bonchev–Trinajstić information content (AvgIpc) is 3.06. The van der Waals surface area contributed by atoms with Crippen molar-refractivity contribution in [2.24, 2.45) is 5.73 Å². The number of carbonyl (C=O) groups is 1. The maximum absolute atomic E-state index is 11.3. The molecular formula is C21H18N4O. The Morgan fingerprint density at radius 3 is 2.65 bits per heavy atom. The van der Waals surface area contributed by atoms with Gasteiger partial charge in [-0.05, 0) is 36.8 Å². The van der Waals surface area contributed by atoms with Crippen molar-refractivity contribution in [1.29, 1.82) is 0 Å². The SMILES string of the molecule is Cc1ccc(Cn2ncc3cc(-c4cccc(C(N)=O)n4)ccc32)cc1. The van der Waals surface area contributed by atoms with Gasteiger partial charge in [0.25, 0.3) is 5.91 Å². The van der Waals surface area contributed by atoms with Crippen molar-refractivity contribution < 1.29 is 4.79 Å². The number of fused-ring (bicyclic) bond motifs is 1. The average molecular weight is 342 g/mol. The van der Waals surface area contributed by atoms with Crippen LogP contribution in [0.5, 0.6) is 0 Å². The van der Waals surface area contributed by atoms with Crippen molar-refractivity contribution in [2.45, 2.75) is 13.5 Å². The van der Waals surface area contributed by atoms with Gasteiger partial charge in [0.05, 0.1) is 24.0 Å². The van der Waals surface area contributed by atoms with Gasteiger partial charge in [-0.15, -0.1) is 0 Å². The van der Waals surface area contributed by atoms with E-state index in [9.17, 15) is 4.79 Å². The van der Waals surface area contributed by atoms with Crippen LogP contribution in [0.1, 0.15) is 21.6 Å². The van der Waals surface area contributed by atoms with E-state index in [4.69, 9.17) is 5.73 Å². The summed E-state index contributed by atoms with van der Waals surface area (Å²) in [4.78, 5) is 15.7. The summed E-state index contributed by atoms with van der Waals surface area (Å²) >= 11 is 0. The maximum Gasteiger partial charge on any atom is 0.267 e. The number of carbonyl (C=O) groups excluding carboxylic acids is 1. The van der Waals surface area contributed by atoms with Crippen LogP contribution in [0.4, 0.5) is 0 Å². The standard InChI is InChI=1S/C21H18N4O/c1-14-5-7-15(8-6-14)13-25-20-10-9-16(11-17(20)12-23-25)18-3-2-4-19(24-18)21(22)26/h2-12H,13H2,1H3,(H2,22,26). The van der Waals surface area contributed by atoms with Crippen molar-refractivity contribution in [3.05, 3.63) is 83.7 Å². The molecule has 128 valence electrons. The third-order valence-electron chi connectivity index (χ3n) is 4.39. The van der Waals surface area contributed by atoms with Gasteiger partial charge in [-0.3, -0.25) is 9.48 Å². The van der Waals surface area contributed by atoms with Gasteiger partial charge in [0.1, 0.15) is 5.69 Å². The fourth-order valence-corrected chi connectivity index (χ4v) is 2.97. The second-order valence-electron chi connectivity index (χ2n) is 6.33. The first-order valence-electron chi connectivity index (χ1n) is 8.38. The van der Waals surface area contributed by atoms with Gasteiger partial charge in [-0.25, -0.2) is 4.98 Å². The van der Waals surface area contributed by atoms with Crippen molar-refractivity contribution in [3.8, 4) is 11.3 Å². The first-order valence-corrected chi connectivity index (χ1v) is 8.38. The Morgan fingerprint density at radius 2 is 1.88 bits per heavy atom. The molecule has 0 saturated heterocycles. The molecule has 2 aromatic carbocycles. The van der Waals surface area contributed by atoms with E-state index in [1.54, 1.807) is 12.1 Å². The van der Waals surface area contributed by atoms with E-state index in [0.717, 1.165) is 28.7 Å². The molecule has 0 spiro atoms. The van der Waals surface area contributed by atoms with E-state index in [1.807, 2.05) is 35.1 Å². The molecule has 26 heavy (non-hydrogen) atoms. The van der Waals surface area contributed by atoms with Gasteiger partial charge in [0.2, 0.25) is 0 Å². The van der Waals surface area contributed by atoms with Gasteiger partial charge in [-0.2, -0.15) is 5.10 Å². The van der Waals surface area contributed by atoms with Gasteiger partial charge in [0, 0.05) is 10.9 Å². The summed E-state index contributed by atoms with van der Waals surface area (Å²) in [7, 11) is 0. The fraction of sp³-hybridized carbons (Fsp3) is 0.0952. The zero-order valence-electron chi connectivity index (χ0n) is 14.4. The molecule has 2 N–H and O–H groups in total. The molecule has 1 amide bonds. The maximum atomic E-state index is 11.3. The second-order valence-corrected chi connectivity index (χ2v) is 6.33. The van der Waals surface area contributed by atoms with Crippen LogP contribution in [0, 0.1) is 6.92 Å². The first-order chi connectivity index (χ1) is 12.6. The molecule has 0 aliphatic rings. The van der Waals surface area contributed by atoms with Crippen molar-refractivity contribution in [2.75, 3.05) is 0 Å². The van der Waals surface area contributed by atoms with Crippen LogP contribution in [0.2, 0.25) is 0 Å². The second kappa shape index (κ2) is 6.44. The highest BCUT2D eigenvalue weighted by molar-refractivity contribution is 5.91. The number of rotatable bonds is 4. The van der Waals surface area contributed by atoms with Crippen molar-refractivity contribution in [1.82, 2.24) is 14.8 Å². The van der Waals surface area contributed by atoms with Crippen LogP contribution >= 0.6 is 0 Å². The quantitative estimate of drug-likeness (QED) is 0.616. The molecular weight excluding hydrogens is 324 g/mol. The number of nitrogens with zero attached hydrogens (tertiary/aromatic N) is 3. The Hall–Kier alpha value is -3.47. The molecule has 2 heterocycles. The lowest BCUT2D eigenvalue weighted by Crippen LogP contribution is -2.12. The minimum Gasteiger partial charge on any atom is -0.364 e. The summed E-state index contributed by atoms with van der Waals surface area (Å²) in [5, 5.41) is 5.54. The lowest BCUT2D eigenvalue weighted by Gasteiger charge is -2.06. The topological polar surface area (TPSA) is 73.8 Å². The fourth-order valence-electron chi connectivity index (χ4n) is 2.97. The molecule has 0 bridgehead atoms. The Kier molecular flexibility index (Phi) is 3.97. The Labute approximate surface area is 151 Å². The van der Waals surface area contributed by atoms with Gasteiger partial charge in [0.15, 0.2) is 0 Å². The number of amides is 1. The van der Waals surface area contributed by atoms with Gasteiger partial charge >= 0.3 is 0 Å². The number of aryl methyl sites for hydroxylation is 1. The highest BCUT2D eigenvalue weighted by Crippen LogP contribution is 2.24. The predicted molar refractivity (Wildman–Crippen MR) is 102 cm³/mol. The molecule has 0 atom stereocenters. The normalized spacial score (nSPS) is 11.0. The third kappa shape index (κ3) is 3.07. The molecule has 2 aromatic heterocycles. The Morgan fingerprint density at radius 1 is 1.08 bits per heavy atom. The van der Waals surface area contributed by atoms with E-state index in [2.05, 4.69) is 41.3 Å². The lowest BCUT2D eigenvalue weighted by molar-refractivity contribution is 0.0995. The van der Waals surface area contributed by atoms with E-state index in [1.165, 1.54) is 11.1 Å². The van der Waals surface area contributed by atoms with Crippen molar-refractivity contribution >= 4 is 16.8 Å². The lowest BCUT2D eigenvalue weighted by atomic mass is 10.1. The first kappa shape index (κ1) is 16.0. The monoisotopic (exact) mass is 342 g/mol. The van der Waals surface area contributed by atoms with Gasteiger partial charge < -0.3 is 5.73 Å². The number of nitrogens with two attached hydrogens (primary N) is 1. The molecule has 5 heteroatoms. The zero-order chi connectivity index (χ0) is 18.1. The van der Waals surface area contributed by atoms with Crippen molar-refractivity contribution in [3.63, 3.8) is 0 Å². The Bertz CT molecular complexity index is 1100. The Balaban J connectivity index is 1.68. The van der Waals surface area contributed by atoms with Crippen LogP contribution in [0.15, 0.2) is 66.9 Å². The summed E-state index contributed by atoms with van der Waals surface area (Å²) in [6, 6.07) is 19.8. The van der Waals surface area contributed by atoms with E-state index in [0.29, 0.717) is 0 Å². The van der Waals surface area contributed by atoms with Crippen LogP contribution in [-0.4, -0.2) is 20.7 Å². The molecule has 0 fully saturated rings. The van der Waals surface area contributed by atoms with Crippen LogP contribution in [0.3, 0.4) is 0 Å². The number of primary amides is 1. The molecule has 4 aromatic rings. The van der Waals surface area contributed by atoms with E-state index in [-0.39, 0.29) is 5.69 Å². The van der Waals surface area contributed by atoms with Crippen LogP contribution in [0.25, 0.3) is 22.2 Å². The smallest absolute Gasteiger partial charge is 0.267 e. The highest BCUT2D eigenvalue weighted by atomic mass is 16.1. The van der Waals surface area contributed by atoms with E-state index >= 15 is 0 Å². The summed E-state index contributed by atoms with van der Waals surface area (Å²) in [5.41, 5.74) is 10.7. The number of hydrogen-bond acceptors (Lipinski definition) is 3. The predicted octanol–water partition coefficient (Wildman–Crippen LogP) is 3.55. The molecule has 0 radical (unpaired) electrons. The largest absolute Gasteiger partial charge is 0.364 e. The minimum atomic E-state index is -0.529. The molecule has 0 aliphatic carbocycles. The zero-order valence-corrected chi connectivity index (χ0v) is 14.4. The molecule has 4 rings (SSSR count). The molecule has 0 saturated carbocycles. The van der Waals surface area contributed by atoms with E-state index < -0.39 is 5.91 Å². The number of benzene rings is 2. The summed E-state index contributed by atoms with van der Waals surface area (Å²) in [6.07, 6.45) is 1.85. The summed E-state index contributed by atoms with van der Waals surface area (Å²) in [6.45, 7) is 2.80. The highest BCUT2D eigenvalue weighted by Gasteiger charge is 2.08. The van der Waals surface area contributed by atoms with Crippen LogP contribution in [-0.2, 0) is 6.54 Å². The molecule has 0 aliphatic heterocycles. The molecule has 5 nitrogen and oxygen atoms in total. The molecule has 0 unspecified atom stereocenters. The number of aromatic nitrogens is 3. The minimum absolute atomic E-state index is 0.262. The third-order valence-corrected chi connectivity index (χ3v) is 4.39. The van der Waals surface area contributed by atoms with Crippen LogP contribution < -0.4 is 5.73 Å².